The smallest absolute Gasteiger partial charge is 0.0708 e. The second-order valence-corrected chi connectivity index (χ2v) is 3.24. The molecule has 0 heterocycles. The summed E-state index contributed by atoms with van der Waals surface area (Å²) in [4.78, 5) is 0. The number of hydrogen-bond acceptors (Lipinski definition) is 1. The van der Waals surface area contributed by atoms with Crippen molar-refractivity contribution in [3.8, 4) is 0 Å². The van der Waals surface area contributed by atoms with Crippen molar-refractivity contribution in [1.29, 1.82) is 0 Å². The summed E-state index contributed by atoms with van der Waals surface area (Å²) in [5, 5.41) is 9.67. The second-order valence-electron chi connectivity index (χ2n) is 2.40. The minimum absolute atomic E-state index is 0.235. The van der Waals surface area contributed by atoms with Crippen molar-refractivity contribution in [3.63, 3.8) is 0 Å². The molecule has 2 N–H and O–H groups in total. The summed E-state index contributed by atoms with van der Waals surface area (Å²) in [5.74, 6) is 0. The average molecular weight is 205 g/mol. The maximum absolute atomic E-state index is 8.70. The van der Waals surface area contributed by atoms with Crippen molar-refractivity contribution in [2.45, 2.75) is 6.04 Å². The largest absolute Gasteiger partial charge is 0.394 e. The van der Waals surface area contributed by atoms with Crippen LogP contribution in [0.15, 0.2) is 18.2 Å². The van der Waals surface area contributed by atoms with E-state index in [4.69, 9.17) is 34.0 Å². The van der Waals surface area contributed by atoms with Crippen LogP contribution in [-0.2, 0) is 0 Å². The van der Waals surface area contributed by atoms with Gasteiger partial charge in [0.1, 0.15) is 0 Å². The molecule has 4 heteroatoms. The number of aliphatic hydroxyl groups excluding tert-OH is 1. The molecule has 0 bridgehead atoms. The highest BCUT2D eigenvalue weighted by atomic mass is 35.5. The van der Waals surface area contributed by atoms with Gasteiger partial charge in [-0.15, -0.1) is 0 Å². The third kappa shape index (κ3) is 2.11. The van der Waals surface area contributed by atoms with Gasteiger partial charge in [-0.25, -0.2) is 5.73 Å². The van der Waals surface area contributed by atoms with Crippen molar-refractivity contribution in [3.05, 3.63) is 33.8 Å². The van der Waals surface area contributed by atoms with Crippen molar-refractivity contribution in [1.82, 2.24) is 5.73 Å². The lowest BCUT2D eigenvalue weighted by atomic mass is 10.1. The van der Waals surface area contributed by atoms with Crippen LogP contribution in [0.1, 0.15) is 11.6 Å². The molecule has 1 rings (SSSR count). The predicted molar refractivity (Wildman–Crippen MR) is 49.4 cm³/mol. The van der Waals surface area contributed by atoms with Crippen LogP contribution in [0.5, 0.6) is 0 Å². The summed E-state index contributed by atoms with van der Waals surface area (Å²) in [5.41, 5.74) is 8.00. The van der Waals surface area contributed by atoms with Crippen molar-refractivity contribution in [2.75, 3.05) is 6.61 Å². The highest BCUT2D eigenvalue weighted by molar-refractivity contribution is 6.35. The third-order valence-electron chi connectivity index (χ3n) is 1.52. The van der Waals surface area contributed by atoms with E-state index in [-0.39, 0.29) is 6.61 Å². The third-order valence-corrected chi connectivity index (χ3v) is 2.08. The molecule has 65 valence electrons. The first kappa shape index (κ1) is 9.81. The van der Waals surface area contributed by atoms with E-state index in [0.29, 0.717) is 15.6 Å². The van der Waals surface area contributed by atoms with Gasteiger partial charge in [0.25, 0.3) is 0 Å². The zero-order valence-corrected chi connectivity index (χ0v) is 7.73. The van der Waals surface area contributed by atoms with Gasteiger partial charge in [-0.1, -0.05) is 29.3 Å². The lowest BCUT2D eigenvalue weighted by Gasteiger charge is -2.09. The SMILES string of the molecule is [NH][C@H](CO)c1ccc(Cl)cc1Cl. The Hall–Kier alpha value is -0.280. The summed E-state index contributed by atoms with van der Waals surface area (Å²) in [6.45, 7) is -0.235. The maximum atomic E-state index is 8.70. The van der Waals surface area contributed by atoms with Gasteiger partial charge < -0.3 is 5.11 Å². The molecule has 0 aliphatic carbocycles. The van der Waals surface area contributed by atoms with Crippen LogP contribution in [0.3, 0.4) is 0 Å². The lowest BCUT2D eigenvalue weighted by molar-refractivity contribution is 0.264. The zero-order chi connectivity index (χ0) is 9.14. The van der Waals surface area contributed by atoms with Crippen LogP contribution in [0.4, 0.5) is 0 Å². The highest BCUT2D eigenvalue weighted by Crippen LogP contribution is 2.25. The number of rotatable bonds is 2. The molecule has 1 aromatic carbocycles. The molecule has 0 spiro atoms. The van der Waals surface area contributed by atoms with Crippen molar-refractivity contribution < 1.29 is 5.11 Å². The second kappa shape index (κ2) is 4.10. The summed E-state index contributed by atoms with van der Waals surface area (Å²) >= 11 is 11.4. The molecule has 1 atom stereocenters. The Kier molecular flexibility index (Phi) is 3.35. The van der Waals surface area contributed by atoms with Crippen LogP contribution < -0.4 is 5.73 Å². The summed E-state index contributed by atoms with van der Waals surface area (Å²) in [6, 6.07) is 4.18. The van der Waals surface area contributed by atoms with E-state index in [1.54, 1.807) is 18.2 Å². The van der Waals surface area contributed by atoms with Crippen molar-refractivity contribution in [2.24, 2.45) is 0 Å². The first-order chi connectivity index (χ1) is 5.65. The van der Waals surface area contributed by atoms with Crippen LogP contribution >= 0.6 is 23.2 Å². The normalized spacial score (nSPS) is 13.0. The average Bonchev–Trinajstić information content (AvgIpc) is 2.03. The molecule has 0 aliphatic rings. The molecule has 2 nitrogen and oxygen atoms in total. The van der Waals surface area contributed by atoms with E-state index in [0.717, 1.165) is 0 Å². The summed E-state index contributed by atoms with van der Waals surface area (Å²) < 4.78 is 0. The number of halogens is 2. The molecule has 0 aliphatic heterocycles. The Morgan fingerprint density at radius 1 is 1.42 bits per heavy atom. The van der Waals surface area contributed by atoms with E-state index in [1.165, 1.54) is 0 Å². The quantitative estimate of drug-likeness (QED) is 0.790. The first-order valence-corrected chi connectivity index (χ1v) is 4.17. The molecule has 0 unspecified atom stereocenters. The molecule has 1 radical (unpaired) electrons. The number of hydrogen-bond donors (Lipinski definition) is 1. The van der Waals surface area contributed by atoms with Gasteiger partial charge >= 0.3 is 0 Å². The van der Waals surface area contributed by atoms with Gasteiger partial charge in [0, 0.05) is 10.0 Å². The molecule has 0 fully saturated rings. The van der Waals surface area contributed by atoms with Gasteiger partial charge in [0.15, 0.2) is 0 Å². The van der Waals surface area contributed by atoms with Gasteiger partial charge in [-0.3, -0.25) is 0 Å². The minimum Gasteiger partial charge on any atom is -0.394 e. The van der Waals surface area contributed by atoms with Gasteiger partial charge in [0.2, 0.25) is 0 Å². The summed E-state index contributed by atoms with van der Waals surface area (Å²) in [6.07, 6.45) is 0. The molecule has 12 heavy (non-hydrogen) atoms. The fourth-order valence-corrected chi connectivity index (χ4v) is 1.42. The zero-order valence-electron chi connectivity index (χ0n) is 6.22. The van der Waals surface area contributed by atoms with Gasteiger partial charge in [0.05, 0.1) is 12.6 Å². The summed E-state index contributed by atoms with van der Waals surface area (Å²) in [7, 11) is 0. The number of nitrogens with one attached hydrogen (secondary N) is 1. The fraction of sp³-hybridized carbons (Fsp3) is 0.250. The van der Waals surface area contributed by atoms with Crippen LogP contribution in [0.2, 0.25) is 10.0 Å². The Morgan fingerprint density at radius 2 is 2.08 bits per heavy atom. The topological polar surface area (TPSA) is 44.0 Å². The van der Waals surface area contributed by atoms with E-state index in [9.17, 15) is 0 Å². The van der Waals surface area contributed by atoms with E-state index in [2.05, 4.69) is 0 Å². The molecule has 0 saturated heterocycles. The predicted octanol–water partition coefficient (Wildman–Crippen LogP) is 2.31. The van der Waals surface area contributed by atoms with Crippen LogP contribution in [0, 0.1) is 0 Å². The van der Waals surface area contributed by atoms with Crippen LogP contribution in [0.25, 0.3) is 0 Å². The highest BCUT2D eigenvalue weighted by Gasteiger charge is 2.09. The lowest BCUT2D eigenvalue weighted by Crippen LogP contribution is -2.04. The molecule has 0 aromatic heterocycles. The van der Waals surface area contributed by atoms with Gasteiger partial charge in [-0.05, 0) is 17.7 Å². The van der Waals surface area contributed by atoms with E-state index < -0.39 is 6.04 Å². The molecule has 0 saturated carbocycles. The molecule has 0 amide bonds. The Morgan fingerprint density at radius 3 is 2.58 bits per heavy atom. The fourth-order valence-electron chi connectivity index (χ4n) is 0.882. The molecule has 1 aromatic rings. The first-order valence-electron chi connectivity index (χ1n) is 3.42. The van der Waals surface area contributed by atoms with E-state index >= 15 is 0 Å². The van der Waals surface area contributed by atoms with Gasteiger partial charge in [-0.2, -0.15) is 0 Å². The van der Waals surface area contributed by atoms with E-state index in [1.807, 2.05) is 0 Å². The molecular formula is C8H8Cl2NO. The standard InChI is InChI=1S/C8H8Cl2NO/c9-5-1-2-6(7(10)3-5)8(11)4-12/h1-3,8,11-12H,4H2/t8-/m1/s1. The number of aliphatic hydroxyl groups is 1. The Labute approximate surface area is 80.9 Å². The molecular weight excluding hydrogens is 197 g/mol. The maximum Gasteiger partial charge on any atom is 0.0708 e. The minimum atomic E-state index is -0.685. The Balaban J connectivity index is 3.01. The van der Waals surface area contributed by atoms with Crippen molar-refractivity contribution >= 4 is 23.2 Å². The Bertz CT molecular complexity index is 278. The van der Waals surface area contributed by atoms with Crippen LogP contribution in [-0.4, -0.2) is 11.7 Å². The monoisotopic (exact) mass is 204 g/mol. The number of benzene rings is 1.